The standard InChI is InChI=1S/C14H12N2.HIO4/c1-9-10(2)12-6-4-8-16-14(12)13-11(9)5-3-7-15-13;2-1(3,4)5/h3-8H,1-2H3;2H. The molecule has 110 valence electrons. The average Bonchev–Trinajstić information content (AvgIpc) is 2.43. The van der Waals surface area contributed by atoms with Gasteiger partial charge >= 0.3 is 20.1 Å². The molecule has 0 spiro atoms. The van der Waals surface area contributed by atoms with Crippen LogP contribution in [0.4, 0.5) is 0 Å². The molecular weight excluding hydrogens is 387 g/mol. The summed E-state index contributed by atoms with van der Waals surface area (Å²) in [6.45, 7) is 4.29. The van der Waals surface area contributed by atoms with Crippen LogP contribution in [0.25, 0.3) is 21.8 Å². The van der Waals surface area contributed by atoms with Crippen molar-refractivity contribution in [1.82, 2.24) is 9.97 Å². The van der Waals surface area contributed by atoms with E-state index in [0.717, 1.165) is 11.0 Å². The van der Waals surface area contributed by atoms with E-state index in [1.807, 2.05) is 24.5 Å². The van der Waals surface area contributed by atoms with Crippen molar-refractivity contribution in [2.45, 2.75) is 13.8 Å². The quantitative estimate of drug-likeness (QED) is 0.307. The number of aryl methyl sites for hydroxylation is 2. The second-order valence-corrected chi connectivity index (χ2v) is 6.71. The number of hydrogen-bond acceptors (Lipinski definition) is 6. The summed E-state index contributed by atoms with van der Waals surface area (Å²) in [6, 6.07) is 8.17. The van der Waals surface area contributed by atoms with Gasteiger partial charge in [0.15, 0.2) is 0 Å². The number of benzene rings is 1. The van der Waals surface area contributed by atoms with E-state index in [2.05, 4.69) is 35.9 Å². The van der Waals surface area contributed by atoms with E-state index in [4.69, 9.17) is 13.7 Å². The number of rotatable bonds is 0. The Hall–Kier alpha value is -1.39. The van der Waals surface area contributed by atoms with Gasteiger partial charge in [-0.1, -0.05) is 12.1 Å². The van der Waals surface area contributed by atoms with Crippen LogP contribution in [0.1, 0.15) is 11.1 Å². The maximum Gasteiger partial charge on any atom is 0.368 e. The van der Waals surface area contributed by atoms with Crippen LogP contribution in [-0.2, 0) is 0 Å². The summed E-state index contributed by atoms with van der Waals surface area (Å²) in [5.74, 6) is 0. The van der Waals surface area contributed by atoms with Gasteiger partial charge in [0.25, 0.3) is 0 Å². The highest BCUT2D eigenvalue weighted by Crippen LogP contribution is 2.28. The van der Waals surface area contributed by atoms with Gasteiger partial charge in [-0.05, 0) is 37.1 Å². The number of halogens is 1. The number of hydrogen-bond donors (Lipinski definition) is 1. The first kappa shape index (κ1) is 16.0. The van der Waals surface area contributed by atoms with Crippen LogP contribution in [0.5, 0.6) is 0 Å². The zero-order chi connectivity index (χ0) is 15.6. The van der Waals surface area contributed by atoms with Crippen molar-refractivity contribution in [3.8, 4) is 0 Å². The second kappa shape index (κ2) is 6.16. The summed E-state index contributed by atoms with van der Waals surface area (Å²) >= 11 is -5.69. The minimum atomic E-state index is -5.69. The molecule has 0 atom stereocenters. The fourth-order valence-corrected chi connectivity index (χ4v) is 2.20. The van der Waals surface area contributed by atoms with Crippen LogP contribution in [0.3, 0.4) is 0 Å². The molecule has 0 fully saturated rings. The summed E-state index contributed by atoms with van der Waals surface area (Å²) in [5.41, 5.74) is 4.59. The zero-order valence-corrected chi connectivity index (χ0v) is 13.6. The molecule has 0 saturated heterocycles. The normalized spacial score (nSPS) is 11.3. The van der Waals surface area contributed by atoms with Gasteiger partial charge in [0.05, 0.1) is 11.0 Å². The molecule has 6 nitrogen and oxygen atoms in total. The second-order valence-electron chi connectivity index (χ2n) is 4.45. The molecule has 21 heavy (non-hydrogen) atoms. The van der Waals surface area contributed by atoms with E-state index in [9.17, 15) is 0 Å². The molecule has 0 aliphatic rings. The lowest BCUT2D eigenvalue weighted by Gasteiger charge is -2.09. The first-order valence-electron chi connectivity index (χ1n) is 6.01. The van der Waals surface area contributed by atoms with E-state index in [0.29, 0.717) is 0 Å². The number of nitrogens with zero attached hydrogens (tertiary/aromatic N) is 2. The van der Waals surface area contributed by atoms with E-state index in [1.165, 1.54) is 21.9 Å². The summed E-state index contributed by atoms with van der Waals surface area (Å²) in [7, 11) is 0. The third kappa shape index (κ3) is 3.83. The molecule has 7 heteroatoms. The average molecular weight is 400 g/mol. The summed E-state index contributed by atoms with van der Waals surface area (Å²) in [6.07, 6.45) is 3.65. The molecule has 0 aliphatic heterocycles. The van der Waals surface area contributed by atoms with Crippen molar-refractivity contribution < 1.29 is 33.8 Å². The van der Waals surface area contributed by atoms with Gasteiger partial charge in [0.2, 0.25) is 0 Å². The topological polar surface area (TPSA) is 115 Å². The van der Waals surface area contributed by atoms with Crippen LogP contribution in [0.15, 0.2) is 36.7 Å². The Balaban J connectivity index is 0.000000282. The molecule has 0 amide bonds. The molecule has 3 aromatic rings. The molecule has 0 saturated carbocycles. The number of pyridine rings is 2. The maximum absolute atomic E-state index is 8.73. The van der Waals surface area contributed by atoms with Gasteiger partial charge in [-0.2, -0.15) is 0 Å². The van der Waals surface area contributed by atoms with Gasteiger partial charge in [0.1, 0.15) is 0 Å². The lowest BCUT2D eigenvalue weighted by atomic mass is 9.99. The van der Waals surface area contributed by atoms with Crippen LogP contribution < -0.4 is 30.4 Å². The van der Waals surface area contributed by atoms with Crippen molar-refractivity contribution in [2.24, 2.45) is 0 Å². The molecule has 3 rings (SSSR count). The fraction of sp³-hybridized carbons (Fsp3) is 0.143. The molecule has 1 aromatic carbocycles. The van der Waals surface area contributed by atoms with Gasteiger partial charge in [-0.25, -0.2) is 0 Å². The lowest BCUT2D eigenvalue weighted by molar-refractivity contribution is -1.92. The first-order valence-corrected chi connectivity index (χ1v) is 9.61. The SMILES string of the molecule is Cc1c(C)c2cccnc2c2ncccc12.[O-][I+3]([O-])([O-])O. The van der Waals surface area contributed by atoms with E-state index >= 15 is 0 Å². The van der Waals surface area contributed by atoms with Gasteiger partial charge in [0, 0.05) is 26.6 Å². The Morgan fingerprint density at radius 3 is 1.52 bits per heavy atom. The summed E-state index contributed by atoms with van der Waals surface area (Å²) in [4.78, 5) is 8.90. The summed E-state index contributed by atoms with van der Waals surface area (Å²) < 4.78 is 33.2. The van der Waals surface area contributed by atoms with Crippen molar-refractivity contribution in [3.63, 3.8) is 0 Å². The molecule has 0 unspecified atom stereocenters. The Bertz CT molecular complexity index is 720. The van der Waals surface area contributed by atoms with Crippen molar-refractivity contribution in [1.29, 1.82) is 0 Å². The smallest absolute Gasteiger partial charge is 0.256 e. The molecule has 2 heterocycles. The van der Waals surface area contributed by atoms with Crippen LogP contribution in [-0.4, -0.2) is 13.4 Å². The molecular formula is C14H13IN2O4. The fourth-order valence-electron chi connectivity index (χ4n) is 2.20. The van der Waals surface area contributed by atoms with Crippen LogP contribution >= 0.6 is 0 Å². The van der Waals surface area contributed by atoms with E-state index in [1.54, 1.807) is 0 Å². The number of aromatic nitrogens is 2. The Morgan fingerprint density at radius 1 is 0.857 bits per heavy atom. The van der Waals surface area contributed by atoms with Crippen molar-refractivity contribution in [3.05, 3.63) is 47.8 Å². The predicted molar refractivity (Wildman–Crippen MR) is 68.7 cm³/mol. The molecule has 0 radical (unpaired) electrons. The van der Waals surface area contributed by atoms with E-state index < -0.39 is 20.1 Å². The minimum Gasteiger partial charge on any atom is -0.256 e. The molecule has 0 bridgehead atoms. The summed E-state index contributed by atoms with van der Waals surface area (Å²) in [5, 5.41) is 2.40. The lowest BCUT2D eigenvalue weighted by Crippen LogP contribution is -4.23. The highest BCUT2D eigenvalue weighted by atomic mass is 127. The third-order valence-corrected chi connectivity index (χ3v) is 3.21. The van der Waals surface area contributed by atoms with Gasteiger partial charge in [-0.3, -0.25) is 20.3 Å². The third-order valence-electron chi connectivity index (χ3n) is 3.21. The monoisotopic (exact) mass is 400 g/mol. The Morgan fingerprint density at radius 2 is 1.19 bits per heavy atom. The largest absolute Gasteiger partial charge is 0.368 e. The Labute approximate surface area is 127 Å². The Kier molecular flexibility index (Phi) is 4.69. The zero-order valence-electron chi connectivity index (χ0n) is 11.4. The van der Waals surface area contributed by atoms with Crippen LogP contribution in [0, 0.1) is 13.8 Å². The number of fused-ring (bicyclic) bond motifs is 3. The van der Waals surface area contributed by atoms with E-state index in [-0.39, 0.29) is 0 Å². The maximum atomic E-state index is 8.73. The van der Waals surface area contributed by atoms with Gasteiger partial charge in [-0.15, -0.1) is 0 Å². The van der Waals surface area contributed by atoms with Crippen molar-refractivity contribution >= 4 is 21.8 Å². The highest BCUT2D eigenvalue weighted by Gasteiger charge is 2.12. The molecule has 1 N–H and O–H groups in total. The van der Waals surface area contributed by atoms with Crippen LogP contribution in [0.2, 0.25) is 0 Å². The first-order chi connectivity index (χ1) is 9.79. The highest BCUT2D eigenvalue weighted by molar-refractivity contribution is 6.06. The minimum absolute atomic E-state index is 1.00. The molecule has 2 aromatic heterocycles. The predicted octanol–water partition coefficient (Wildman–Crippen LogP) is -3.72. The molecule has 0 aliphatic carbocycles. The van der Waals surface area contributed by atoms with Crippen molar-refractivity contribution in [2.75, 3.05) is 0 Å². The van der Waals surface area contributed by atoms with Gasteiger partial charge < -0.3 is 0 Å².